The van der Waals surface area contributed by atoms with Gasteiger partial charge >= 0.3 is 0 Å². The number of likely N-dealkylation sites (N-methyl/N-ethyl adjacent to an activating group) is 1. The Labute approximate surface area is 171 Å². The Hall–Kier alpha value is -3.08. The maximum atomic E-state index is 12.8. The van der Waals surface area contributed by atoms with Crippen LogP contribution in [0, 0.1) is 0 Å². The number of allylic oxidation sites excluding steroid dienone is 1. The fourth-order valence-corrected chi connectivity index (χ4v) is 3.44. The van der Waals surface area contributed by atoms with Crippen LogP contribution in [0.1, 0.15) is 41.8 Å². The summed E-state index contributed by atoms with van der Waals surface area (Å²) in [5.74, 6) is 1.03. The molecule has 3 rings (SSSR count). The summed E-state index contributed by atoms with van der Waals surface area (Å²) in [5.41, 5.74) is 3.55. The van der Waals surface area contributed by atoms with Crippen molar-refractivity contribution in [2.24, 2.45) is 0 Å². The molecule has 0 heterocycles. The minimum atomic E-state index is -0.621. The highest BCUT2D eigenvalue weighted by atomic mass is 16.5. The number of rotatable bonds is 6. The van der Waals surface area contributed by atoms with Crippen LogP contribution >= 0.6 is 0 Å². The van der Waals surface area contributed by atoms with E-state index < -0.39 is 6.10 Å². The monoisotopic (exact) mass is 393 g/mol. The van der Waals surface area contributed by atoms with E-state index >= 15 is 0 Å². The van der Waals surface area contributed by atoms with Gasteiger partial charge in [-0.1, -0.05) is 30.3 Å². The summed E-state index contributed by atoms with van der Waals surface area (Å²) in [6.07, 6.45) is 2.87. The van der Waals surface area contributed by atoms with E-state index in [4.69, 9.17) is 9.47 Å². The SMILES string of the molecule is CCOc1cc(/C=C2\CCc3ccccc3C2=O)ccc1O[C@H](C)C(=O)N(C)C. The van der Waals surface area contributed by atoms with Crippen LogP contribution in [0.2, 0.25) is 0 Å². The third kappa shape index (κ3) is 4.67. The van der Waals surface area contributed by atoms with Gasteiger partial charge in [0.1, 0.15) is 0 Å². The molecule has 1 aliphatic carbocycles. The van der Waals surface area contributed by atoms with Gasteiger partial charge in [-0.15, -0.1) is 0 Å². The molecule has 0 unspecified atom stereocenters. The molecule has 5 heteroatoms. The lowest BCUT2D eigenvalue weighted by Gasteiger charge is -2.20. The fraction of sp³-hybridized carbons (Fsp3) is 0.333. The van der Waals surface area contributed by atoms with E-state index in [-0.39, 0.29) is 11.7 Å². The Morgan fingerprint density at radius 3 is 2.62 bits per heavy atom. The van der Waals surface area contributed by atoms with Gasteiger partial charge in [0, 0.05) is 25.2 Å². The van der Waals surface area contributed by atoms with E-state index in [1.807, 2.05) is 49.4 Å². The lowest BCUT2D eigenvalue weighted by molar-refractivity contribution is -0.135. The van der Waals surface area contributed by atoms with Crippen LogP contribution in [0.15, 0.2) is 48.0 Å². The van der Waals surface area contributed by atoms with Crippen LogP contribution in [-0.2, 0) is 11.2 Å². The Kier molecular flexibility index (Phi) is 6.37. The zero-order chi connectivity index (χ0) is 21.0. The average Bonchev–Trinajstić information content (AvgIpc) is 2.71. The van der Waals surface area contributed by atoms with Crippen LogP contribution in [0.3, 0.4) is 0 Å². The normalized spacial score (nSPS) is 15.6. The molecule has 0 saturated heterocycles. The molecule has 1 atom stereocenters. The van der Waals surface area contributed by atoms with E-state index in [2.05, 4.69) is 0 Å². The molecule has 0 aliphatic heterocycles. The van der Waals surface area contributed by atoms with Gasteiger partial charge < -0.3 is 14.4 Å². The van der Waals surface area contributed by atoms with Gasteiger partial charge in [0.05, 0.1) is 6.61 Å². The van der Waals surface area contributed by atoms with E-state index in [1.165, 1.54) is 4.90 Å². The molecule has 0 spiro atoms. The lowest BCUT2D eigenvalue weighted by Crippen LogP contribution is -2.35. The van der Waals surface area contributed by atoms with Crippen LogP contribution in [0.25, 0.3) is 6.08 Å². The number of fused-ring (bicyclic) bond motifs is 1. The van der Waals surface area contributed by atoms with Crippen molar-refractivity contribution in [2.75, 3.05) is 20.7 Å². The largest absolute Gasteiger partial charge is 0.490 e. The van der Waals surface area contributed by atoms with Gasteiger partial charge in [0.25, 0.3) is 5.91 Å². The Morgan fingerprint density at radius 2 is 1.90 bits per heavy atom. The minimum absolute atomic E-state index is 0.0790. The van der Waals surface area contributed by atoms with Gasteiger partial charge in [-0.25, -0.2) is 0 Å². The smallest absolute Gasteiger partial charge is 0.262 e. The number of hydrogen-bond acceptors (Lipinski definition) is 4. The summed E-state index contributed by atoms with van der Waals surface area (Å²) in [6, 6.07) is 13.3. The van der Waals surface area contributed by atoms with Crippen molar-refractivity contribution in [3.05, 3.63) is 64.7 Å². The standard InChI is InChI=1S/C24H27NO4/c1-5-28-22-15-17(10-13-21(22)29-16(2)24(27)25(3)4)14-19-12-11-18-8-6-7-9-20(18)23(19)26/h6-10,13-16H,5,11-12H2,1-4H3/b19-14+/t16-/m1/s1. The van der Waals surface area contributed by atoms with Gasteiger partial charge in [0.15, 0.2) is 23.4 Å². The zero-order valence-corrected chi connectivity index (χ0v) is 17.4. The summed E-state index contributed by atoms with van der Waals surface area (Å²) < 4.78 is 11.6. The fourth-order valence-electron chi connectivity index (χ4n) is 3.44. The minimum Gasteiger partial charge on any atom is -0.490 e. The maximum Gasteiger partial charge on any atom is 0.262 e. The Balaban J connectivity index is 1.86. The van der Waals surface area contributed by atoms with Gasteiger partial charge in [0.2, 0.25) is 0 Å². The first kappa shape index (κ1) is 20.6. The molecule has 29 heavy (non-hydrogen) atoms. The van der Waals surface area contributed by atoms with Crippen LogP contribution in [-0.4, -0.2) is 43.4 Å². The van der Waals surface area contributed by atoms with Crippen molar-refractivity contribution in [1.29, 1.82) is 0 Å². The number of carbonyl (C=O) groups is 2. The van der Waals surface area contributed by atoms with Crippen molar-refractivity contribution in [3.8, 4) is 11.5 Å². The third-order valence-corrected chi connectivity index (χ3v) is 4.92. The molecule has 0 fully saturated rings. The summed E-state index contributed by atoms with van der Waals surface area (Å²) >= 11 is 0. The second-order valence-electron chi connectivity index (χ2n) is 7.29. The van der Waals surface area contributed by atoms with E-state index in [1.54, 1.807) is 27.1 Å². The molecule has 5 nitrogen and oxygen atoms in total. The number of carbonyl (C=O) groups excluding carboxylic acids is 2. The lowest BCUT2D eigenvalue weighted by atomic mass is 9.86. The summed E-state index contributed by atoms with van der Waals surface area (Å²) in [4.78, 5) is 26.4. The van der Waals surface area contributed by atoms with Crippen molar-refractivity contribution in [3.63, 3.8) is 0 Å². The molecule has 0 radical (unpaired) electrons. The Morgan fingerprint density at radius 1 is 1.14 bits per heavy atom. The van der Waals surface area contributed by atoms with Crippen LogP contribution in [0.5, 0.6) is 11.5 Å². The first-order chi connectivity index (χ1) is 13.9. The van der Waals surface area contributed by atoms with E-state index in [0.717, 1.165) is 28.7 Å². The average molecular weight is 393 g/mol. The van der Waals surface area contributed by atoms with Crippen molar-refractivity contribution >= 4 is 17.8 Å². The zero-order valence-electron chi connectivity index (χ0n) is 17.4. The number of aryl methyl sites for hydroxylation is 1. The molecule has 0 bridgehead atoms. The first-order valence-corrected chi connectivity index (χ1v) is 9.88. The molecular weight excluding hydrogens is 366 g/mol. The highest BCUT2D eigenvalue weighted by Gasteiger charge is 2.22. The topological polar surface area (TPSA) is 55.8 Å². The quantitative estimate of drug-likeness (QED) is 0.692. The molecule has 152 valence electrons. The first-order valence-electron chi connectivity index (χ1n) is 9.88. The summed E-state index contributed by atoms with van der Waals surface area (Å²) in [6.45, 7) is 4.08. The molecule has 0 saturated carbocycles. The number of hydrogen-bond donors (Lipinski definition) is 0. The number of Topliss-reactive ketones (excluding diaryl/α,β-unsaturated/α-hetero) is 1. The van der Waals surface area contributed by atoms with Crippen LogP contribution in [0.4, 0.5) is 0 Å². The molecule has 0 aromatic heterocycles. The number of ketones is 1. The van der Waals surface area contributed by atoms with Gasteiger partial charge in [-0.3, -0.25) is 9.59 Å². The molecule has 1 amide bonds. The number of amides is 1. The molecule has 0 N–H and O–H groups in total. The third-order valence-electron chi connectivity index (χ3n) is 4.92. The second kappa shape index (κ2) is 8.95. The van der Waals surface area contributed by atoms with Crippen molar-refractivity contribution in [1.82, 2.24) is 4.90 Å². The second-order valence-corrected chi connectivity index (χ2v) is 7.29. The highest BCUT2D eigenvalue weighted by molar-refractivity contribution is 6.13. The maximum absolute atomic E-state index is 12.8. The number of benzene rings is 2. The van der Waals surface area contributed by atoms with Crippen molar-refractivity contribution < 1.29 is 19.1 Å². The summed E-state index contributed by atoms with van der Waals surface area (Å²) in [5, 5.41) is 0. The molecule has 2 aromatic rings. The van der Waals surface area contributed by atoms with Crippen molar-refractivity contribution in [2.45, 2.75) is 32.8 Å². The van der Waals surface area contributed by atoms with Gasteiger partial charge in [-0.05, 0) is 56.0 Å². The predicted octanol–water partition coefficient (Wildman–Crippen LogP) is 4.15. The van der Waals surface area contributed by atoms with E-state index in [0.29, 0.717) is 24.5 Å². The predicted molar refractivity (Wildman–Crippen MR) is 113 cm³/mol. The van der Waals surface area contributed by atoms with Gasteiger partial charge in [-0.2, -0.15) is 0 Å². The molecule has 2 aromatic carbocycles. The Bertz CT molecular complexity index is 946. The number of nitrogens with zero attached hydrogens (tertiary/aromatic N) is 1. The summed E-state index contributed by atoms with van der Waals surface area (Å²) in [7, 11) is 3.39. The highest BCUT2D eigenvalue weighted by Crippen LogP contribution is 2.32. The number of ether oxygens (including phenoxy) is 2. The van der Waals surface area contributed by atoms with Crippen LogP contribution < -0.4 is 9.47 Å². The molecular formula is C24H27NO4. The van der Waals surface area contributed by atoms with E-state index in [9.17, 15) is 9.59 Å². The molecule has 1 aliphatic rings.